The first-order valence-electron chi connectivity index (χ1n) is 5.19. The third-order valence-electron chi connectivity index (χ3n) is 2.05. The fourth-order valence-electron chi connectivity index (χ4n) is 1.26. The summed E-state index contributed by atoms with van der Waals surface area (Å²) < 4.78 is 0. The van der Waals surface area contributed by atoms with Crippen LogP contribution in [0.15, 0.2) is 24.3 Å². The van der Waals surface area contributed by atoms with Gasteiger partial charge in [0.05, 0.1) is 6.42 Å². The van der Waals surface area contributed by atoms with Crippen LogP contribution >= 0.6 is 0 Å². The number of nitrogens with one attached hydrogen (secondary N) is 1. The van der Waals surface area contributed by atoms with E-state index in [0.29, 0.717) is 12.3 Å². The molecule has 0 bridgehead atoms. The van der Waals surface area contributed by atoms with E-state index >= 15 is 0 Å². The molecule has 82 valence electrons. The fraction of sp³-hybridized carbons (Fsp3) is 0.417. The first-order valence-corrected chi connectivity index (χ1v) is 5.19. The zero-order valence-electron chi connectivity index (χ0n) is 9.29. The molecule has 0 radical (unpaired) electrons. The average molecular weight is 206 g/mol. The van der Waals surface area contributed by atoms with Crippen LogP contribution in [0.2, 0.25) is 0 Å². The second-order valence-corrected chi connectivity index (χ2v) is 4.11. The lowest BCUT2D eigenvalue weighted by Crippen LogP contribution is -2.13. The average Bonchev–Trinajstić information content (AvgIpc) is 2.16. The van der Waals surface area contributed by atoms with Crippen molar-refractivity contribution in [2.75, 3.05) is 11.9 Å². The topological polar surface area (TPSA) is 55.1 Å². The SMILES string of the molecule is CC(C)CNc1ccc(CC(N)=O)cc1. The molecule has 0 saturated heterocycles. The number of amides is 1. The van der Waals surface area contributed by atoms with Crippen molar-refractivity contribution in [2.24, 2.45) is 11.7 Å². The number of hydrogen-bond donors (Lipinski definition) is 2. The zero-order valence-corrected chi connectivity index (χ0v) is 9.29. The van der Waals surface area contributed by atoms with Gasteiger partial charge < -0.3 is 11.1 Å². The van der Waals surface area contributed by atoms with Gasteiger partial charge in [0.15, 0.2) is 0 Å². The van der Waals surface area contributed by atoms with Crippen molar-refractivity contribution < 1.29 is 4.79 Å². The van der Waals surface area contributed by atoms with Crippen LogP contribution in [-0.4, -0.2) is 12.5 Å². The Hall–Kier alpha value is -1.51. The van der Waals surface area contributed by atoms with Crippen LogP contribution in [0.3, 0.4) is 0 Å². The molecule has 0 heterocycles. The van der Waals surface area contributed by atoms with E-state index < -0.39 is 0 Å². The molecular weight excluding hydrogens is 188 g/mol. The molecule has 0 aliphatic rings. The molecule has 0 saturated carbocycles. The van der Waals surface area contributed by atoms with Gasteiger partial charge in [-0.3, -0.25) is 4.79 Å². The summed E-state index contributed by atoms with van der Waals surface area (Å²) in [6.07, 6.45) is 0.310. The van der Waals surface area contributed by atoms with Crippen molar-refractivity contribution in [3.05, 3.63) is 29.8 Å². The van der Waals surface area contributed by atoms with Crippen molar-refractivity contribution in [3.8, 4) is 0 Å². The Labute approximate surface area is 90.7 Å². The van der Waals surface area contributed by atoms with Gasteiger partial charge in [-0.25, -0.2) is 0 Å². The molecule has 1 amide bonds. The van der Waals surface area contributed by atoms with Gasteiger partial charge in [-0.15, -0.1) is 0 Å². The number of anilines is 1. The van der Waals surface area contributed by atoms with Gasteiger partial charge in [-0.1, -0.05) is 26.0 Å². The van der Waals surface area contributed by atoms with Gasteiger partial charge in [0, 0.05) is 12.2 Å². The Kier molecular flexibility index (Phi) is 4.16. The Morgan fingerprint density at radius 1 is 1.33 bits per heavy atom. The third kappa shape index (κ3) is 4.49. The number of hydrogen-bond acceptors (Lipinski definition) is 2. The predicted octanol–water partition coefficient (Wildman–Crippen LogP) is 1.78. The molecule has 0 aliphatic carbocycles. The van der Waals surface area contributed by atoms with Gasteiger partial charge in [0.25, 0.3) is 0 Å². The molecular formula is C12H18N2O. The normalized spacial score (nSPS) is 10.3. The maximum absolute atomic E-state index is 10.7. The minimum Gasteiger partial charge on any atom is -0.385 e. The maximum Gasteiger partial charge on any atom is 0.221 e. The first-order chi connectivity index (χ1) is 7.08. The molecule has 0 aromatic heterocycles. The summed E-state index contributed by atoms with van der Waals surface area (Å²) in [6, 6.07) is 7.79. The van der Waals surface area contributed by atoms with Gasteiger partial charge in [-0.2, -0.15) is 0 Å². The standard InChI is InChI=1S/C12H18N2O/c1-9(2)8-14-11-5-3-10(4-6-11)7-12(13)15/h3-6,9,14H,7-8H2,1-2H3,(H2,13,15). The number of nitrogens with two attached hydrogens (primary N) is 1. The summed E-state index contributed by atoms with van der Waals surface area (Å²) in [5, 5.41) is 3.31. The van der Waals surface area contributed by atoms with Crippen LogP contribution < -0.4 is 11.1 Å². The molecule has 1 aromatic rings. The van der Waals surface area contributed by atoms with Crippen molar-refractivity contribution >= 4 is 11.6 Å². The first kappa shape index (κ1) is 11.6. The lowest BCUT2D eigenvalue weighted by Gasteiger charge is -2.09. The molecule has 3 N–H and O–H groups in total. The van der Waals surface area contributed by atoms with Crippen molar-refractivity contribution in [1.82, 2.24) is 0 Å². The molecule has 0 aliphatic heterocycles. The molecule has 1 rings (SSSR count). The van der Waals surface area contributed by atoms with Crippen LogP contribution in [0.5, 0.6) is 0 Å². The summed E-state index contributed by atoms with van der Waals surface area (Å²) >= 11 is 0. The smallest absolute Gasteiger partial charge is 0.221 e. The van der Waals surface area contributed by atoms with Crippen LogP contribution in [0.1, 0.15) is 19.4 Å². The summed E-state index contributed by atoms with van der Waals surface area (Å²) in [5.41, 5.74) is 7.14. The lowest BCUT2D eigenvalue weighted by molar-refractivity contribution is -0.117. The van der Waals surface area contributed by atoms with Gasteiger partial charge in [0.1, 0.15) is 0 Å². The van der Waals surface area contributed by atoms with Crippen LogP contribution in [0.4, 0.5) is 5.69 Å². The molecule has 3 heteroatoms. The number of carbonyl (C=O) groups excluding carboxylic acids is 1. The van der Waals surface area contributed by atoms with E-state index in [0.717, 1.165) is 17.8 Å². The Morgan fingerprint density at radius 2 is 1.93 bits per heavy atom. The molecule has 3 nitrogen and oxygen atoms in total. The highest BCUT2D eigenvalue weighted by Crippen LogP contribution is 2.10. The van der Waals surface area contributed by atoms with Gasteiger partial charge in [0.2, 0.25) is 5.91 Å². The number of benzene rings is 1. The summed E-state index contributed by atoms with van der Waals surface area (Å²) in [7, 11) is 0. The second-order valence-electron chi connectivity index (χ2n) is 4.11. The summed E-state index contributed by atoms with van der Waals surface area (Å²) in [6.45, 7) is 5.28. The second kappa shape index (κ2) is 5.39. The molecule has 0 unspecified atom stereocenters. The zero-order chi connectivity index (χ0) is 11.3. The molecule has 0 spiro atoms. The quantitative estimate of drug-likeness (QED) is 0.771. The van der Waals surface area contributed by atoms with E-state index in [4.69, 9.17) is 5.73 Å². The highest BCUT2D eigenvalue weighted by Gasteiger charge is 1.99. The predicted molar refractivity (Wildman–Crippen MR) is 62.7 cm³/mol. The number of carbonyl (C=O) groups is 1. The van der Waals surface area contributed by atoms with Crippen molar-refractivity contribution in [2.45, 2.75) is 20.3 Å². The van der Waals surface area contributed by atoms with Crippen molar-refractivity contribution in [3.63, 3.8) is 0 Å². The van der Waals surface area contributed by atoms with E-state index in [1.165, 1.54) is 0 Å². The maximum atomic E-state index is 10.7. The van der Waals surface area contributed by atoms with Gasteiger partial charge in [-0.05, 0) is 23.6 Å². The van der Waals surface area contributed by atoms with E-state index in [9.17, 15) is 4.79 Å². The summed E-state index contributed by atoms with van der Waals surface area (Å²) in [5.74, 6) is 0.327. The van der Waals surface area contributed by atoms with E-state index in [1.54, 1.807) is 0 Å². The molecule has 0 fully saturated rings. The van der Waals surface area contributed by atoms with Gasteiger partial charge >= 0.3 is 0 Å². The minimum absolute atomic E-state index is 0.294. The highest BCUT2D eigenvalue weighted by molar-refractivity contribution is 5.76. The number of primary amides is 1. The number of rotatable bonds is 5. The van der Waals surface area contributed by atoms with E-state index in [1.807, 2.05) is 24.3 Å². The third-order valence-corrected chi connectivity index (χ3v) is 2.05. The molecule has 15 heavy (non-hydrogen) atoms. The Bertz CT molecular complexity index is 317. The molecule has 0 atom stereocenters. The van der Waals surface area contributed by atoms with E-state index in [2.05, 4.69) is 19.2 Å². The van der Waals surface area contributed by atoms with Crippen LogP contribution in [0, 0.1) is 5.92 Å². The Balaban J connectivity index is 2.52. The Morgan fingerprint density at radius 3 is 2.40 bits per heavy atom. The van der Waals surface area contributed by atoms with E-state index in [-0.39, 0.29) is 5.91 Å². The highest BCUT2D eigenvalue weighted by atomic mass is 16.1. The van der Waals surface area contributed by atoms with Crippen molar-refractivity contribution in [1.29, 1.82) is 0 Å². The largest absolute Gasteiger partial charge is 0.385 e. The monoisotopic (exact) mass is 206 g/mol. The lowest BCUT2D eigenvalue weighted by atomic mass is 10.1. The molecule has 1 aromatic carbocycles. The summed E-state index contributed by atoms with van der Waals surface area (Å²) in [4.78, 5) is 10.7. The van der Waals surface area contributed by atoms with Crippen LogP contribution in [0.25, 0.3) is 0 Å². The fourth-order valence-corrected chi connectivity index (χ4v) is 1.26. The van der Waals surface area contributed by atoms with Crippen LogP contribution in [-0.2, 0) is 11.2 Å². The minimum atomic E-state index is -0.294.